The molecule has 4 nitrogen and oxygen atoms in total. The molecule has 0 aromatic heterocycles. The first-order valence-corrected chi connectivity index (χ1v) is 5.00. The van der Waals surface area contributed by atoms with Crippen LogP contribution in [-0.2, 0) is 11.2 Å². The minimum absolute atomic E-state index is 0.0305. The molecule has 0 aliphatic heterocycles. The van der Waals surface area contributed by atoms with Crippen LogP contribution < -0.4 is 5.32 Å². The number of halogens is 2. The third kappa shape index (κ3) is 4.78. The van der Waals surface area contributed by atoms with E-state index < -0.39 is 25.0 Å². The Morgan fingerprint density at radius 2 is 2.12 bits per heavy atom. The fourth-order valence-electron chi connectivity index (χ4n) is 1.22. The van der Waals surface area contributed by atoms with Crippen molar-refractivity contribution in [1.29, 1.82) is 0 Å². The Balaban J connectivity index is 2.40. The van der Waals surface area contributed by atoms with Gasteiger partial charge in [-0.25, -0.2) is 8.78 Å². The van der Waals surface area contributed by atoms with Gasteiger partial charge in [0.15, 0.2) is 0 Å². The zero-order valence-corrected chi connectivity index (χ0v) is 8.94. The van der Waals surface area contributed by atoms with Crippen LogP contribution in [0.1, 0.15) is 5.56 Å². The van der Waals surface area contributed by atoms with E-state index in [1.54, 1.807) is 12.1 Å². The molecule has 17 heavy (non-hydrogen) atoms. The van der Waals surface area contributed by atoms with E-state index in [9.17, 15) is 13.6 Å². The first kappa shape index (κ1) is 13.4. The highest BCUT2D eigenvalue weighted by Crippen LogP contribution is 2.11. The lowest BCUT2D eigenvalue weighted by Gasteiger charge is -2.10. The summed E-state index contributed by atoms with van der Waals surface area (Å²) in [5.41, 5.74) is 0.564. The van der Waals surface area contributed by atoms with Gasteiger partial charge < -0.3 is 15.5 Å². The van der Waals surface area contributed by atoms with Gasteiger partial charge >= 0.3 is 0 Å². The molecule has 94 valence electrons. The highest BCUT2D eigenvalue weighted by Gasteiger charge is 2.17. The fraction of sp³-hybridized carbons (Fsp3) is 0.364. The molecule has 0 radical (unpaired) electrons. The highest BCUT2D eigenvalue weighted by molar-refractivity contribution is 5.78. The van der Waals surface area contributed by atoms with Crippen LogP contribution in [0.5, 0.6) is 5.75 Å². The number of phenols is 1. The van der Waals surface area contributed by atoms with Gasteiger partial charge in [-0.3, -0.25) is 4.79 Å². The number of nitrogens with one attached hydrogen (secondary N) is 1. The summed E-state index contributed by atoms with van der Waals surface area (Å²) in [6, 6.07) is 6.07. The van der Waals surface area contributed by atoms with E-state index in [4.69, 9.17) is 10.2 Å². The molecule has 1 amide bonds. The van der Waals surface area contributed by atoms with Crippen LogP contribution in [0.2, 0.25) is 0 Å². The van der Waals surface area contributed by atoms with Gasteiger partial charge in [0.25, 0.3) is 6.43 Å². The summed E-state index contributed by atoms with van der Waals surface area (Å²) in [6.45, 7) is -0.491. The maximum atomic E-state index is 11.9. The first-order valence-electron chi connectivity index (χ1n) is 5.00. The molecule has 1 aromatic rings. The number of alkyl halides is 2. The molecule has 3 N–H and O–H groups in total. The van der Waals surface area contributed by atoms with E-state index in [-0.39, 0.29) is 12.2 Å². The van der Waals surface area contributed by atoms with Crippen LogP contribution in [0.4, 0.5) is 8.78 Å². The normalized spacial score (nSPS) is 12.5. The maximum absolute atomic E-state index is 11.9. The Morgan fingerprint density at radius 1 is 1.41 bits per heavy atom. The van der Waals surface area contributed by atoms with Crippen LogP contribution in [-0.4, -0.2) is 35.2 Å². The van der Waals surface area contributed by atoms with Crippen molar-refractivity contribution in [3.63, 3.8) is 0 Å². The van der Waals surface area contributed by atoms with E-state index in [1.807, 2.05) is 0 Å². The molecule has 0 aliphatic carbocycles. The summed E-state index contributed by atoms with van der Waals surface area (Å²) < 4.78 is 23.8. The fourth-order valence-corrected chi connectivity index (χ4v) is 1.22. The van der Waals surface area contributed by atoms with Crippen molar-refractivity contribution in [3.8, 4) is 5.75 Å². The largest absolute Gasteiger partial charge is 0.508 e. The number of aromatic hydroxyl groups is 1. The summed E-state index contributed by atoms with van der Waals surface area (Å²) >= 11 is 0. The third-order valence-electron chi connectivity index (χ3n) is 2.07. The smallest absolute Gasteiger partial charge is 0.265 e. The van der Waals surface area contributed by atoms with Crippen molar-refractivity contribution in [1.82, 2.24) is 5.32 Å². The predicted molar refractivity (Wildman–Crippen MR) is 56.8 cm³/mol. The summed E-state index contributed by atoms with van der Waals surface area (Å²) in [6.07, 6.45) is -4.77. The van der Waals surface area contributed by atoms with Crippen LogP contribution in [0, 0.1) is 0 Å². The zero-order valence-electron chi connectivity index (χ0n) is 8.94. The quantitative estimate of drug-likeness (QED) is 0.714. The molecule has 1 aromatic carbocycles. The Bertz CT molecular complexity index is 385. The number of rotatable bonds is 5. The Kier molecular flexibility index (Phi) is 4.84. The molecule has 0 aliphatic rings. The number of hydrogen-bond donors (Lipinski definition) is 3. The third-order valence-corrected chi connectivity index (χ3v) is 2.07. The van der Waals surface area contributed by atoms with Gasteiger partial charge in [-0.15, -0.1) is 0 Å². The van der Waals surface area contributed by atoms with E-state index in [2.05, 4.69) is 5.32 Å². The average molecular weight is 245 g/mol. The Morgan fingerprint density at radius 3 is 2.71 bits per heavy atom. The van der Waals surface area contributed by atoms with Gasteiger partial charge in [0, 0.05) is 6.54 Å². The van der Waals surface area contributed by atoms with Gasteiger partial charge in [-0.1, -0.05) is 12.1 Å². The molecule has 0 bridgehead atoms. The number of amides is 1. The van der Waals surface area contributed by atoms with Crippen LogP contribution >= 0.6 is 0 Å². The van der Waals surface area contributed by atoms with Gasteiger partial charge in [0.1, 0.15) is 11.9 Å². The van der Waals surface area contributed by atoms with E-state index in [0.717, 1.165) is 0 Å². The lowest BCUT2D eigenvalue weighted by atomic mass is 10.1. The number of hydrogen-bond acceptors (Lipinski definition) is 3. The predicted octanol–water partition coefficient (Wildman–Crippen LogP) is 0.677. The first-order chi connectivity index (χ1) is 7.99. The molecule has 1 atom stereocenters. The van der Waals surface area contributed by atoms with Crippen LogP contribution in [0.25, 0.3) is 0 Å². The van der Waals surface area contributed by atoms with Crippen molar-refractivity contribution >= 4 is 5.91 Å². The lowest BCUT2D eigenvalue weighted by Crippen LogP contribution is -2.36. The standard InChI is InChI=1S/C11H13F2NO3/c12-11(13)9(16)6-14-10(17)5-7-2-1-3-8(15)4-7/h1-4,9,11,15-16H,5-6H2,(H,14,17). The van der Waals surface area contributed by atoms with Crippen molar-refractivity contribution in [3.05, 3.63) is 29.8 Å². The van der Waals surface area contributed by atoms with E-state index in [0.29, 0.717) is 5.56 Å². The average Bonchev–Trinajstić information content (AvgIpc) is 2.25. The van der Waals surface area contributed by atoms with Gasteiger partial charge in [0.05, 0.1) is 6.42 Å². The van der Waals surface area contributed by atoms with E-state index in [1.165, 1.54) is 12.1 Å². The minimum atomic E-state index is -2.88. The molecule has 0 heterocycles. The summed E-state index contributed by atoms with van der Waals surface area (Å²) in [4.78, 5) is 11.3. The highest BCUT2D eigenvalue weighted by atomic mass is 19.3. The second-order valence-corrected chi connectivity index (χ2v) is 3.55. The molecule has 0 fully saturated rings. The van der Waals surface area contributed by atoms with E-state index >= 15 is 0 Å². The molecule has 6 heteroatoms. The van der Waals surface area contributed by atoms with Crippen molar-refractivity contribution in [2.24, 2.45) is 0 Å². The number of benzene rings is 1. The monoisotopic (exact) mass is 245 g/mol. The molecule has 0 spiro atoms. The van der Waals surface area contributed by atoms with Crippen molar-refractivity contribution < 1.29 is 23.8 Å². The lowest BCUT2D eigenvalue weighted by molar-refractivity contribution is -0.121. The summed E-state index contributed by atoms with van der Waals surface area (Å²) in [7, 11) is 0. The Labute approximate surface area is 96.9 Å². The summed E-state index contributed by atoms with van der Waals surface area (Å²) in [5.74, 6) is -0.460. The number of carbonyl (C=O) groups is 1. The Hall–Kier alpha value is -1.69. The maximum Gasteiger partial charge on any atom is 0.265 e. The summed E-state index contributed by atoms with van der Waals surface area (Å²) in [5, 5.41) is 20.1. The second-order valence-electron chi connectivity index (χ2n) is 3.55. The van der Waals surface area contributed by atoms with Crippen LogP contribution in [0.15, 0.2) is 24.3 Å². The topological polar surface area (TPSA) is 69.6 Å². The SMILES string of the molecule is O=C(Cc1cccc(O)c1)NCC(O)C(F)F. The molecular weight excluding hydrogens is 232 g/mol. The minimum Gasteiger partial charge on any atom is -0.508 e. The molecule has 1 unspecified atom stereocenters. The molecule has 1 rings (SSSR count). The second kappa shape index (κ2) is 6.15. The van der Waals surface area contributed by atoms with Gasteiger partial charge in [-0.2, -0.15) is 0 Å². The number of phenolic OH excluding ortho intramolecular Hbond substituents is 1. The van der Waals surface area contributed by atoms with Crippen molar-refractivity contribution in [2.75, 3.05) is 6.54 Å². The van der Waals surface area contributed by atoms with Crippen LogP contribution in [0.3, 0.4) is 0 Å². The number of aliphatic hydroxyl groups is 1. The zero-order chi connectivity index (χ0) is 12.8. The van der Waals surface area contributed by atoms with Gasteiger partial charge in [-0.05, 0) is 17.7 Å². The molecule has 0 saturated carbocycles. The van der Waals surface area contributed by atoms with Gasteiger partial charge in [0.2, 0.25) is 5.91 Å². The molecular formula is C11H13F2NO3. The van der Waals surface area contributed by atoms with Crippen molar-refractivity contribution in [2.45, 2.75) is 19.0 Å². The number of carbonyl (C=O) groups excluding carboxylic acids is 1. The number of aliphatic hydroxyl groups excluding tert-OH is 1. The molecule has 0 saturated heterocycles.